The number of carbonyl (C=O) groups is 1. The van der Waals surface area contributed by atoms with E-state index < -0.39 is 61.1 Å². The van der Waals surface area contributed by atoms with Crippen LogP contribution in [-0.4, -0.2) is 24.6 Å². The van der Waals surface area contributed by atoms with Gasteiger partial charge < -0.3 is 5.32 Å². The maximum atomic E-state index is 12.9. The first-order chi connectivity index (χ1) is 13.6. The van der Waals surface area contributed by atoms with Crippen molar-refractivity contribution in [2.45, 2.75) is 36.3 Å². The Morgan fingerprint density at radius 2 is 1.47 bits per heavy atom. The molecule has 0 radical (unpaired) electrons. The lowest BCUT2D eigenvalue weighted by Crippen LogP contribution is -2.39. The monoisotopic (exact) mass is 454 g/mol. The van der Waals surface area contributed by atoms with E-state index in [-0.39, 0.29) is 0 Å². The van der Waals surface area contributed by atoms with E-state index in [1.54, 1.807) is 0 Å². The molecule has 0 spiro atoms. The number of benzene rings is 1. The van der Waals surface area contributed by atoms with Gasteiger partial charge in [-0.25, -0.2) is 13.4 Å². The Labute approximate surface area is 168 Å². The number of halogens is 6. The molecule has 1 aromatic heterocycles. The predicted octanol–water partition coefficient (Wildman–Crippen LogP) is 4.56. The average Bonchev–Trinajstić information content (AvgIpc) is 2.60. The van der Waals surface area contributed by atoms with E-state index in [0.29, 0.717) is 24.3 Å². The third kappa shape index (κ3) is 5.29. The van der Waals surface area contributed by atoms with Crippen molar-refractivity contribution in [3.8, 4) is 0 Å². The zero-order chi connectivity index (χ0) is 22.9. The fourth-order valence-corrected chi connectivity index (χ4v) is 4.52. The highest BCUT2D eigenvalue weighted by atomic mass is 32.2. The summed E-state index contributed by atoms with van der Waals surface area (Å²) in [7, 11) is -4.45. The fourth-order valence-electron chi connectivity index (χ4n) is 2.65. The fraction of sp³-hybridized carbons (Fsp3) is 0.333. The van der Waals surface area contributed by atoms with Crippen LogP contribution in [0.1, 0.15) is 25.0 Å². The van der Waals surface area contributed by atoms with Crippen LogP contribution in [0.15, 0.2) is 47.5 Å². The Bertz CT molecular complexity index is 1020. The minimum Gasteiger partial charge on any atom is -0.310 e. The average molecular weight is 454 g/mol. The molecule has 1 unspecified atom stereocenters. The highest BCUT2D eigenvalue weighted by Gasteiger charge is 2.38. The van der Waals surface area contributed by atoms with Crippen molar-refractivity contribution in [1.82, 2.24) is 4.98 Å². The van der Waals surface area contributed by atoms with Crippen molar-refractivity contribution >= 4 is 21.6 Å². The van der Waals surface area contributed by atoms with Crippen molar-refractivity contribution in [2.24, 2.45) is 5.92 Å². The second-order valence-corrected chi connectivity index (χ2v) is 8.72. The molecule has 0 aliphatic rings. The predicted molar refractivity (Wildman–Crippen MR) is 95.1 cm³/mol. The summed E-state index contributed by atoms with van der Waals surface area (Å²) in [5.41, 5.74) is -2.17. The molecular weight excluding hydrogens is 438 g/mol. The molecule has 2 aromatic rings. The maximum absolute atomic E-state index is 12.9. The normalized spacial score (nSPS) is 13.9. The Hall–Kier alpha value is -2.63. The molecule has 0 fully saturated rings. The SMILES string of the molecule is CC(C)C(C(=O)Nc1cc(C(F)(F)F)ccn1)S(=O)(=O)c1ccc(C(F)(F)F)cc1. The van der Waals surface area contributed by atoms with Crippen LogP contribution in [0, 0.1) is 5.92 Å². The Morgan fingerprint density at radius 1 is 0.933 bits per heavy atom. The number of nitrogens with one attached hydrogen (secondary N) is 1. The lowest BCUT2D eigenvalue weighted by atomic mass is 10.1. The molecule has 30 heavy (non-hydrogen) atoms. The van der Waals surface area contributed by atoms with Crippen LogP contribution in [0.5, 0.6) is 0 Å². The summed E-state index contributed by atoms with van der Waals surface area (Å²) in [6, 6.07) is 3.80. The number of rotatable bonds is 5. The van der Waals surface area contributed by atoms with E-state index in [1.165, 1.54) is 13.8 Å². The van der Waals surface area contributed by atoms with Crippen LogP contribution in [0.4, 0.5) is 32.2 Å². The first-order valence-electron chi connectivity index (χ1n) is 8.39. The summed E-state index contributed by atoms with van der Waals surface area (Å²) in [6.07, 6.45) is -8.58. The molecule has 2 rings (SSSR count). The summed E-state index contributed by atoms with van der Waals surface area (Å²) in [4.78, 5) is 15.6. The second kappa shape index (κ2) is 8.25. The molecule has 0 aliphatic heterocycles. The van der Waals surface area contributed by atoms with E-state index in [0.717, 1.165) is 18.3 Å². The van der Waals surface area contributed by atoms with Crippen LogP contribution < -0.4 is 5.32 Å². The van der Waals surface area contributed by atoms with Gasteiger partial charge in [0, 0.05) is 6.20 Å². The standard InChI is InChI=1S/C18H16F6N2O3S/c1-10(2)15(16(27)26-14-9-12(7-8-25-14)18(22,23)24)30(28,29)13-5-3-11(4-6-13)17(19,20)21/h3-10,15H,1-2H3,(H,25,26,27). The van der Waals surface area contributed by atoms with Crippen LogP contribution >= 0.6 is 0 Å². The van der Waals surface area contributed by atoms with Crippen LogP contribution in [-0.2, 0) is 27.0 Å². The minimum absolute atomic E-state index is 0.511. The van der Waals surface area contributed by atoms with Crippen LogP contribution in [0.25, 0.3) is 0 Å². The molecule has 1 atom stereocenters. The number of carbonyl (C=O) groups excluding carboxylic acids is 1. The smallest absolute Gasteiger partial charge is 0.310 e. The number of hydrogen-bond donors (Lipinski definition) is 1. The van der Waals surface area contributed by atoms with Crippen LogP contribution in [0.2, 0.25) is 0 Å². The van der Waals surface area contributed by atoms with Crippen molar-refractivity contribution in [1.29, 1.82) is 0 Å². The second-order valence-electron chi connectivity index (χ2n) is 6.65. The van der Waals surface area contributed by atoms with Crippen molar-refractivity contribution in [3.63, 3.8) is 0 Å². The third-order valence-electron chi connectivity index (χ3n) is 4.05. The van der Waals surface area contributed by atoms with Gasteiger partial charge in [0.1, 0.15) is 11.1 Å². The summed E-state index contributed by atoms with van der Waals surface area (Å²) in [5, 5.41) is 0.266. The molecule has 0 bridgehead atoms. The largest absolute Gasteiger partial charge is 0.416 e. The number of aromatic nitrogens is 1. The molecule has 5 nitrogen and oxygen atoms in total. The van der Waals surface area contributed by atoms with Gasteiger partial charge in [-0.1, -0.05) is 13.8 Å². The number of sulfone groups is 1. The van der Waals surface area contributed by atoms with E-state index in [2.05, 4.69) is 4.98 Å². The number of hydrogen-bond acceptors (Lipinski definition) is 4. The lowest BCUT2D eigenvalue weighted by Gasteiger charge is -2.21. The van der Waals surface area contributed by atoms with Gasteiger partial charge in [0.15, 0.2) is 9.84 Å². The number of alkyl halides is 6. The van der Waals surface area contributed by atoms with Crippen LogP contribution in [0.3, 0.4) is 0 Å². The van der Waals surface area contributed by atoms with E-state index in [1.807, 2.05) is 5.32 Å². The number of pyridine rings is 1. The van der Waals surface area contributed by atoms with E-state index in [4.69, 9.17) is 0 Å². The molecule has 1 heterocycles. The molecule has 0 saturated carbocycles. The van der Waals surface area contributed by atoms with Gasteiger partial charge >= 0.3 is 12.4 Å². The molecule has 0 aliphatic carbocycles. The summed E-state index contributed by atoms with van der Waals surface area (Å²) >= 11 is 0. The number of anilines is 1. The van der Waals surface area contributed by atoms with Gasteiger partial charge in [-0.15, -0.1) is 0 Å². The zero-order valence-electron chi connectivity index (χ0n) is 15.5. The van der Waals surface area contributed by atoms with Crippen molar-refractivity contribution in [3.05, 3.63) is 53.7 Å². The Morgan fingerprint density at radius 3 is 1.93 bits per heavy atom. The molecule has 0 saturated heterocycles. The summed E-state index contributed by atoms with van der Waals surface area (Å²) in [5.74, 6) is -2.51. The zero-order valence-corrected chi connectivity index (χ0v) is 16.4. The Kier molecular flexibility index (Phi) is 6.50. The van der Waals surface area contributed by atoms with Gasteiger partial charge in [0.05, 0.1) is 16.0 Å². The van der Waals surface area contributed by atoms with Gasteiger partial charge in [0.2, 0.25) is 5.91 Å². The molecule has 1 aromatic carbocycles. The first kappa shape index (κ1) is 23.6. The van der Waals surface area contributed by atoms with Gasteiger partial charge in [-0.05, 0) is 42.3 Å². The number of nitrogens with zero attached hydrogens (tertiary/aromatic N) is 1. The Balaban J connectivity index is 2.35. The van der Waals surface area contributed by atoms with Crippen molar-refractivity contribution < 1.29 is 39.6 Å². The quantitative estimate of drug-likeness (QED) is 0.673. The highest BCUT2D eigenvalue weighted by molar-refractivity contribution is 7.92. The highest BCUT2D eigenvalue weighted by Crippen LogP contribution is 2.32. The van der Waals surface area contributed by atoms with Gasteiger partial charge in [-0.2, -0.15) is 26.3 Å². The third-order valence-corrected chi connectivity index (χ3v) is 6.40. The first-order valence-corrected chi connectivity index (χ1v) is 9.94. The summed E-state index contributed by atoms with van der Waals surface area (Å²) < 4.78 is 102. The molecule has 1 N–H and O–H groups in total. The molecule has 164 valence electrons. The molecule has 12 heteroatoms. The maximum Gasteiger partial charge on any atom is 0.416 e. The van der Waals surface area contributed by atoms with Crippen molar-refractivity contribution in [2.75, 3.05) is 5.32 Å². The van der Waals surface area contributed by atoms with Gasteiger partial charge in [-0.3, -0.25) is 4.79 Å². The minimum atomic E-state index is -4.70. The van der Waals surface area contributed by atoms with E-state index in [9.17, 15) is 39.6 Å². The molecule has 1 amide bonds. The van der Waals surface area contributed by atoms with E-state index >= 15 is 0 Å². The number of amides is 1. The lowest BCUT2D eigenvalue weighted by molar-refractivity contribution is -0.138. The summed E-state index contributed by atoms with van der Waals surface area (Å²) in [6.45, 7) is 2.76. The molecular formula is C18H16F6N2O3S. The topological polar surface area (TPSA) is 76.1 Å². The van der Waals surface area contributed by atoms with Gasteiger partial charge in [0.25, 0.3) is 0 Å².